The predicted molar refractivity (Wildman–Crippen MR) is 114 cm³/mol. The van der Waals surface area contributed by atoms with E-state index in [0.717, 1.165) is 11.3 Å². The quantitative estimate of drug-likeness (QED) is 0.266. The van der Waals surface area contributed by atoms with Crippen LogP contribution >= 0.6 is 0 Å². The molecule has 164 valence electrons. The molecule has 0 radical (unpaired) electrons. The van der Waals surface area contributed by atoms with Crippen molar-refractivity contribution in [3.63, 3.8) is 0 Å². The lowest BCUT2D eigenvalue weighted by Crippen LogP contribution is -2.33. The molecule has 0 saturated carbocycles. The fourth-order valence-electron chi connectivity index (χ4n) is 3.54. The van der Waals surface area contributed by atoms with Gasteiger partial charge in [0, 0.05) is 12.1 Å². The minimum atomic E-state index is -1.31. The fraction of sp³-hybridized carbons (Fsp3) is 0.400. The highest BCUT2D eigenvalue weighted by Crippen LogP contribution is 2.35. The van der Waals surface area contributed by atoms with E-state index in [1.54, 1.807) is 0 Å². The van der Waals surface area contributed by atoms with Gasteiger partial charge in [0.15, 0.2) is 23.2 Å². The van der Waals surface area contributed by atoms with Crippen molar-refractivity contribution in [2.75, 3.05) is 17.8 Å². The number of imidazole rings is 1. The summed E-state index contributed by atoms with van der Waals surface area (Å²) < 4.78 is 7.15. The van der Waals surface area contributed by atoms with Crippen molar-refractivity contribution >= 4 is 28.6 Å². The number of fused-ring (bicyclic) bond motifs is 1. The van der Waals surface area contributed by atoms with Crippen molar-refractivity contribution in [3.05, 3.63) is 42.2 Å². The number of rotatable bonds is 7. The van der Waals surface area contributed by atoms with E-state index < -0.39 is 31.1 Å². The molecule has 4 atom stereocenters. The molecular formula is C20H25N7O4. The number of nitrogen functional groups attached to an aromatic ring is 1. The number of hydrogen-bond donors (Lipinski definition) is 5. The number of hydrogen-bond acceptors (Lipinski definition) is 10. The average Bonchev–Trinajstić information content (AvgIpc) is 3.29. The Bertz CT molecular complexity index is 1070. The third kappa shape index (κ3) is 4.08. The van der Waals surface area contributed by atoms with Crippen LogP contribution in [0, 0.1) is 0 Å². The molecule has 1 aliphatic heterocycles. The van der Waals surface area contributed by atoms with Crippen molar-refractivity contribution in [2.24, 2.45) is 5.10 Å². The van der Waals surface area contributed by atoms with Crippen LogP contribution in [-0.2, 0) is 11.2 Å². The van der Waals surface area contributed by atoms with Crippen LogP contribution in [0.3, 0.4) is 0 Å². The normalized spacial score (nSPS) is 24.1. The zero-order chi connectivity index (χ0) is 22.0. The van der Waals surface area contributed by atoms with Crippen LogP contribution in [0.25, 0.3) is 11.2 Å². The van der Waals surface area contributed by atoms with Crippen LogP contribution in [-0.4, -0.2) is 65.5 Å². The number of ether oxygens (including phenoxy) is 1. The lowest BCUT2D eigenvalue weighted by molar-refractivity contribution is -0.0501. The number of aliphatic hydroxyl groups is 3. The highest BCUT2D eigenvalue weighted by atomic mass is 16.6. The summed E-state index contributed by atoms with van der Waals surface area (Å²) in [7, 11) is 0. The molecule has 0 aliphatic carbocycles. The molecule has 0 bridgehead atoms. The van der Waals surface area contributed by atoms with Crippen LogP contribution in [0.1, 0.15) is 25.1 Å². The van der Waals surface area contributed by atoms with E-state index >= 15 is 0 Å². The molecule has 1 aromatic carbocycles. The zero-order valence-electron chi connectivity index (χ0n) is 17.0. The number of aliphatic hydroxyl groups excluding tert-OH is 3. The maximum Gasteiger partial charge on any atom is 0.228 e. The Labute approximate surface area is 178 Å². The highest BCUT2D eigenvalue weighted by Gasteiger charge is 2.45. The van der Waals surface area contributed by atoms with Gasteiger partial charge in [-0.1, -0.05) is 37.3 Å². The van der Waals surface area contributed by atoms with Crippen LogP contribution in [0.4, 0.5) is 11.8 Å². The molecule has 6 N–H and O–H groups in total. The van der Waals surface area contributed by atoms with Gasteiger partial charge in [-0.05, 0) is 12.0 Å². The Balaban J connectivity index is 1.70. The molecule has 4 rings (SSSR count). The van der Waals surface area contributed by atoms with E-state index in [1.807, 2.05) is 37.3 Å². The Kier molecular flexibility index (Phi) is 6.09. The fourth-order valence-corrected chi connectivity index (χ4v) is 3.54. The number of benzene rings is 1. The van der Waals surface area contributed by atoms with Crippen LogP contribution in [0.15, 0.2) is 41.8 Å². The van der Waals surface area contributed by atoms with Gasteiger partial charge in [-0.25, -0.2) is 20.4 Å². The minimum absolute atomic E-state index is 0.155. The van der Waals surface area contributed by atoms with Crippen molar-refractivity contribution < 1.29 is 20.1 Å². The Morgan fingerprint density at radius 2 is 2.00 bits per heavy atom. The number of nitrogens with one attached hydrogen (secondary N) is 1. The Hall–Kier alpha value is -3.12. The molecule has 0 spiro atoms. The molecule has 3 heterocycles. The van der Waals surface area contributed by atoms with Crippen LogP contribution in [0.2, 0.25) is 0 Å². The highest BCUT2D eigenvalue weighted by molar-refractivity contribution is 5.87. The number of hydrazone groups is 1. The van der Waals surface area contributed by atoms with Crippen LogP contribution < -0.4 is 11.2 Å². The van der Waals surface area contributed by atoms with Gasteiger partial charge in [0.25, 0.3) is 0 Å². The lowest BCUT2D eigenvalue weighted by Gasteiger charge is -2.19. The zero-order valence-corrected chi connectivity index (χ0v) is 17.0. The van der Waals surface area contributed by atoms with E-state index in [2.05, 4.69) is 25.5 Å². The molecular weight excluding hydrogens is 402 g/mol. The largest absolute Gasteiger partial charge is 0.394 e. The van der Waals surface area contributed by atoms with Gasteiger partial charge in [-0.3, -0.25) is 4.57 Å². The number of anilines is 2. The molecule has 31 heavy (non-hydrogen) atoms. The summed E-state index contributed by atoms with van der Waals surface area (Å²) in [6, 6.07) is 9.95. The molecule has 2 aromatic heterocycles. The summed E-state index contributed by atoms with van der Waals surface area (Å²) in [5, 5.41) is 34.7. The summed E-state index contributed by atoms with van der Waals surface area (Å²) in [6.45, 7) is 1.55. The van der Waals surface area contributed by atoms with Crippen molar-refractivity contribution in [1.82, 2.24) is 19.5 Å². The third-order valence-electron chi connectivity index (χ3n) is 5.25. The predicted octanol–water partition coefficient (Wildman–Crippen LogP) is 0.441. The molecule has 0 amide bonds. The van der Waals surface area contributed by atoms with Gasteiger partial charge in [0.1, 0.15) is 24.6 Å². The lowest BCUT2D eigenvalue weighted by atomic mass is 10.1. The Morgan fingerprint density at radius 3 is 2.68 bits per heavy atom. The SMILES string of the molecule is CC/C(Cc1ccccc1)=N\Nc1nc2c(N)ncnc2n1C1OC(CO)C(O)C1O. The average molecular weight is 427 g/mol. The first-order chi connectivity index (χ1) is 15.0. The summed E-state index contributed by atoms with van der Waals surface area (Å²) >= 11 is 0. The van der Waals surface area contributed by atoms with Crippen molar-refractivity contribution in [1.29, 1.82) is 0 Å². The second-order valence-corrected chi connectivity index (χ2v) is 7.27. The second-order valence-electron chi connectivity index (χ2n) is 7.27. The molecule has 11 nitrogen and oxygen atoms in total. The molecule has 11 heteroatoms. The summed E-state index contributed by atoms with van der Waals surface area (Å²) in [6.07, 6.45) is -1.95. The van der Waals surface area contributed by atoms with E-state index in [0.29, 0.717) is 24.0 Å². The van der Waals surface area contributed by atoms with Gasteiger partial charge in [0.2, 0.25) is 5.95 Å². The molecule has 1 aliphatic rings. The van der Waals surface area contributed by atoms with Crippen molar-refractivity contribution in [3.8, 4) is 0 Å². The van der Waals surface area contributed by atoms with Gasteiger partial charge >= 0.3 is 0 Å². The topological polar surface area (TPSA) is 164 Å². The van der Waals surface area contributed by atoms with E-state index in [-0.39, 0.29) is 11.8 Å². The van der Waals surface area contributed by atoms with E-state index in [9.17, 15) is 15.3 Å². The van der Waals surface area contributed by atoms with Crippen LogP contribution in [0.5, 0.6) is 0 Å². The molecule has 3 aromatic rings. The summed E-state index contributed by atoms with van der Waals surface area (Å²) in [5.41, 5.74) is 11.5. The Morgan fingerprint density at radius 1 is 1.23 bits per heavy atom. The van der Waals surface area contributed by atoms with Crippen molar-refractivity contribution in [2.45, 2.75) is 44.3 Å². The first-order valence-corrected chi connectivity index (χ1v) is 9.99. The molecule has 1 fully saturated rings. The maximum absolute atomic E-state index is 10.5. The van der Waals surface area contributed by atoms with Gasteiger partial charge in [-0.2, -0.15) is 5.10 Å². The van der Waals surface area contributed by atoms with Gasteiger partial charge in [-0.15, -0.1) is 0 Å². The number of aromatic nitrogens is 4. The first-order valence-electron chi connectivity index (χ1n) is 9.99. The smallest absolute Gasteiger partial charge is 0.228 e. The monoisotopic (exact) mass is 427 g/mol. The van der Waals surface area contributed by atoms with E-state index in [4.69, 9.17) is 10.5 Å². The number of nitrogens with two attached hydrogens (primary N) is 1. The van der Waals surface area contributed by atoms with Gasteiger partial charge in [0.05, 0.1) is 6.61 Å². The third-order valence-corrected chi connectivity index (χ3v) is 5.25. The van der Waals surface area contributed by atoms with Gasteiger partial charge < -0.3 is 25.8 Å². The minimum Gasteiger partial charge on any atom is -0.394 e. The second kappa shape index (κ2) is 8.94. The molecule has 4 unspecified atom stereocenters. The maximum atomic E-state index is 10.5. The standard InChI is InChI=1S/C20H25N7O4/c1-2-12(8-11-6-4-3-5-7-11)25-26-20-24-14-17(21)22-10-23-18(14)27(20)19-16(30)15(29)13(9-28)31-19/h3-7,10,13,15-16,19,28-30H,2,8-9H2,1H3,(H,24,26)(H2,21,22,23)/b25-12+. The first kappa shape index (κ1) is 21.1. The summed E-state index contributed by atoms with van der Waals surface area (Å²) in [4.78, 5) is 12.6. The number of nitrogens with zero attached hydrogens (tertiary/aromatic N) is 5. The van der Waals surface area contributed by atoms with E-state index in [1.165, 1.54) is 10.9 Å². The summed E-state index contributed by atoms with van der Waals surface area (Å²) in [5.74, 6) is 0.374. The molecule has 1 saturated heterocycles.